The Balaban J connectivity index is 1.96. The van der Waals surface area contributed by atoms with E-state index in [9.17, 15) is 8.78 Å². The van der Waals surface area contributed by atoms with E-state index in [1.54, 1.807) is 0 Å². The van der Waals surface area contributed by atoms with E-state index in [1.807, 2.05) is 0 Å². The number of alkyl halides is 2. The zero-order valence-electron chi connectivity index (χ0n) is 6.45. The molecule has 0 saturated heterocycles. The van der Waals surface area contributed by atoms with Crippen LogP contribution in [0.3, 0.4) is 0 Å². The van der Waals surface area contributed by atoms with Gasteiger partial charge in [-0.1, -0.05) is 0 Å². The summed E-state index contributed by atoms with van der Waals surface area (Å²) in [5.41, 5.74) is 5.82. The van der Waals surface area contributed by atoms with E-state index in [-0.39, 0.29) is 24.3 Å². The number of hydrogen-bond donors (Lipinski definition) is 1. The lowest BCUT2D eigenvalue weighted by molar-refractivity contribution is -0.0502. The molecule has 2 saturated carbocycles. The van der Waals surface area contributed by atoms with Gasteiger partial charge in [-0.15, -0.1) is 0 Å². The smallest absolute Gasteiger partial charge is 0.248 e. The molecule has 11 heavy (non-hydrogen) atoms. The maximum absolute atomic E-state index is 12.7. The summed E-state index contributed by atoms with van der Waals surface area (Å²) in [5.74, 6) is -2.40. The SMILES string of the molecule is NC1CC12CCC(F)(F)CC2. The van der Waals surface area contributed by atoms with Crippen LogP contribution in [-0.2, 0) is 0 Å². The molecule has 0 aromatic rings. The first-order chi connectivity index (χ1) is 5.04. The van der Waals surface area contributed by atoms with Gasteiger partial charge in [0.2, 0.25) is 5.92 Å². The Labute approximate surface area is 65.0 Å². The Kier molecular flexibility index (Phi) is 1.32. The lowest BCUT2D eigenvalue weighted by atomic mass is 9.83. The minimum atomic E-state index is -2.40. The van der Waals surface area contributed by atoms with Crippen molar-refractivity contribution < 1.29 is 8.78 Å². The molecule has 2 aliphatic carbocycles. The summed E-state index contributed by atoms with van der Waals surface area (Å²) in [6, 6.07) is 0.221. The molecule has 2 aliphatic rings. The molecule has 0 amide bonds. The quantitative estimate of drug-likeness (QED) is 0.577. The number of nitrogens with two attached hydrogens (primary N) is 1. The van der Waals surface area contributed by atoms with Crippen molar-refractivity contribution in [2.45, 2.75) is 44.1 Å². The van der Waals surface area contributed by atoms with Crippen LogP contribution in [0.1, 0.15) is 32.1 Å². The van der Waals surface area contributed by atoms with Gasteiger partial charge in [0.05, 0.1) is 0 Å². The first-order valence-electron chi connectivity index (χ1n) is 4.18. The fourth-order valence-corrected chi connectivity index (χ4v) is 2.07. The van der Waals surface area contributed by atoms with Gasteiger partial charge in [-0.25, -0.2) is 8.78 Å². The molecule has 0 aromatic heterocycles. The molecule has 1 spiro atoms. The summed E-state index contributed by atoms with van der Waals surface area (Å²) in [7, 11) is 0. The lowest BCUT2D eigenvalue weighted by Crippen LogP contribution is -2.28. The second-order valence-electron chi connectivity index (χ2n) is 4.03. The van der Waals surface area contributed by atoms with Gasteiger partial charge in [0.25, 0.3) is 0 Å². The lowest BCUT2D eigenvalue weighted by Gasteiger charge is -2.28. The predicted molar refractivity (Wildman–Crippen MR) is 38.4 cm³/mol. The van der Waals surface area contributed by atoms with Gasteiger partial charge in [0.15, 0.2) is 0 Å². The van der Waals surface area contributed by atoms with Gasteiger partial charge in [0, 0.05) is 18.9 Å². The number of halogens is 2. The third-order valence-electron chi connectivity index (χ3n) is 3.23. The highest BCUT2D eigenvalue weighted by Crippen LogP contribution is 2.57. The van der Waals surface area contributed by atoms with Crippen molar-refractivity contribution in [3.63, 3.8) is 0 Å². The Morgan fingerprint density at radius 3 is 1.91 bits per heavy atom. The summed E-state index contributed by atoms with van der Waals surface area (Å²) in [6.45, 7) is 0. The number of hydrogen-bond acceptors (Lipinski definition) is 1. The third-order valence-corrected chi connectivity index (χ3v) is 3.23. The molecule has 1 atom stereocenters. The van der Waals surface area contributed by atoms with E-state index in [0.717, 1.165) is 6.42 Å². The molecular formula is C8H13F2N. The number of rotatable bonds is 0. The molecule has 0 heterocycles. The molecule has 2 rings (SSSR count). The van der Waals surface area contributed by atoms with Crippen LogP contribution in [0, 0.1) is 5.41 Å². The van der Waals surface area contributed by atoms with Crippen molar-refractivity contribution in [1.29, 1.82) is 0 Å². The van der Waals surface area contributed by atoms with Gasteiger partial charge < -0.3 is 5.73 Å². The fraction of sp³-hybridized carbons (Fsp3) is 1.00. The maximum Gasteiger partial charge on any atom is 0.248 e. The summed E-state index contributed by atoms with van der Waals surface area (Å²) in [4.78, 5) is 0. The summed E-state index contributed by atoms with van der Waals surface area (Å²) in [6.07, 6.45) is 2.37. The largest absolute Gasteiger partial charge is 0.327 e. The van der Waals surface area contributed by atoms with Crippen LogP contribution >= 0.6 is 0 Å². The highest BCUT2D eigenvalue weighted by molar-refractivity contribution is 5.08. The van der Waals surface area contributed by atoms with Gasteiger partial charge in [0.1, 0.15) is 0 Å². The minimum absolute atomic E-state index is 0.0562. The molecule has 1 unspecified atom stereocenters. The highest BCUT2D eigenvalue weighted by Gasteiger charge is 2.56. The van der Waals surface area contributed by atoms with Crippen molar-refractivity contribution >= 4 is 0 Å². The zero-order chi connectivity index (χ0) is 8.11. The summed E-state index contributed by atoms with van der Waals surface area (Å²) in [5, 5.41) is 0. The van der Waals surface area contributed by atoms with Crippen LogP contribution in [0.25, 0.3) is 0 Å². The van der Waals surface area contributed by atoms with Crippen LogP contribution in [0.15, 0.2) is 0 Å². The Morgan fingerprint density at radius 2 is 1.55 bits per heavy atom. The molecule has 2 fully saturated rings. The van der Waals surface area contributed by atoms with Crippen LogP contribution in [0.4, 0.5) is 8.78 Å². The highest BCUT2D eigenvalue weighted by atomic mass is 19.3. The van der Waals surface area contributed by atoms with Crippen LogP contribution in [-0.4, -0.2) is 12.0 Å². The molecule has 0 radical (unpaired) electrons. The van der Waals surface area contributed by atoms with Gasteiger partial charge in [-0.05, 0) is 24.7 Å². The van der Waals surface area contributed by atoms with Crippen LogP contribution < -0.4 is 5.73 Å². The standard InChI is InChI=1S/C8H13F2N/c9-8(10)3-1-7(2-4-8)5-6(7)11/h6H,1-5,11H2. The van der Waals surface area contributed by atoms with Crippen molar-refractivity contribution in [2.24, 2.45) is 11.1 Å². The first-order valence-corrected chi connectivity index (χ1v) is 4.18. The summed E-state index contributed by atoms with van der Waals surface area (Å²) >= 11 is 0. The van der Waals surface area contributed by atoms with Gasteiger partial charge in [-0.2, -0.15) is 0 Å². The fourth-order valence-electron chi connectivity index (χ4n) is 2.07. The second-order valence-corrected chi connectivity index (χ2v) is 4.03. The van der Waals surface area contributed by atoms with Crippen molar-refractivity contribution in [3.05, 3.63) is 0 Å². The van der Waals surface area contributed by atoms with Gasteiger partial charge >= 0.3 is 0 Å². The molecule has 2 N–H and O–H groups in total. The summed E-state index contributed by atoms with van der Waals surface area (Å²) < 4.78 is 25.3. The Hall–Kier alpha value is -0.180. The molecule has 0 bridgehead atoms. The van der Waals surface area contributed by atoms with E-state index in [4.69, 9.17) is 5.73 Å². The minimum Gasteiger partial charge on any atom is -0.327 e. The average Bonchev–Trinajstić information content (AvgIpc) is 2.54. The molecule has 0 aromatic carbocycles. The van der Waals surface area contributed by atoms with Crippen molar-refractivity contribution in [2.75, 3.05) is 0 Å². The third kappa shape index (κ3) is 1.15. The average molecular weight is 161 g/mol. The Morgan fingerprint density at radius 1 is 1.09 bits per heavy atom. The van der Waals surface area contributed by atoms with Crippen LogP contribution in [0.5, 0.6) is 0 Å². The van der Waals surface area contributed by atoms with Crippen LogP contribution in [0.2, 0.25) is 0 Å². The molecule has 3 heteroatoms. The zero-order valence-corrected chi connectivity index (χ0v) is 6.45. The van der Waals surface area contributed by atoms with E-state index >= 15 is 0 Å². The van der Waals surface area contributed by atoms with Gasteiger partial charge in [-0.3, -0.25) is 0 Å². The van der Waals surface area contributed by atoms with E-state index in [1.165, 1.54) is 0 Å². The first kappa shape index (κ1) is 7.47. The van der Waals surface area contributed by atoms with E-state index < -0.39 is 5.92 Å². The van der Waals surface area contributed by atoms with Crippen molar-refractivity contribution in [3.8, 4) is 0 Å². The van der Waals surface area contributed by atoms with Crippen molar-refractivity contribution in [1.82, 2.24) is 0 Å². The van der Waals surface area contributed by atoms with E-state index in [2.05, 4.69) is 0 Å². The second kappa shape index (κ2) is 1.94. The molecule has 0 aliphatic heterocycles. The topological polar surface area (TPSA) is 26.0 Å². The normalized spacial score (nSPS) is 39.0. The molecular weight excluding hydrogens is 148 g/mol. The molecule has 1 nitrogen and oxygen atoms in total. The predicted octanol–water partition coefficient (Wildman–Crippen LogP) is 1.91. The Bertz CT molecular complexity index is 169. The van der Waals surface area contributed by atoms with E-state index in [0.29, 0.717) is 12.8 Å². The maximum atomic E-state index is 12.7. The monoisotopic (exact) mass is 161 g/mol. The molecule has 64 valence electrons.